The molecule has 1 atom stereocenters. The van der Waals surface area contributed by atoms with Gasteiger partial charge >= 0.3 is 0 Å². The summed E-state index contributed by atoms with van der Waals surface area (Å²) in [5.74, 6) is 0.914. The van der Waals surface area contributed by atoms with Crippen molar-refractivity contribution < 1.29 is 9.13 Å². The van der Waals surface area contributed by atoms with Crippen LogP contribution in [0, 0.1) is 17.7 Å². The Hall–Kier alpha value is -1.45. The largest absolute Gasteiger partial charge is 0.488 e. The summed E-state index contributed by atoms with van der Waals surface area (Å²) in [4.78, 5) is 0. The first kappa shape index (κ1) is 15.6. The highest BCUT2D eigenvalue weighted by atomic mass is 19.1. The maximum absolute atomic E-state index is 13.7. The predicted octanol–water partition coefficient (Wildman–Crippen LogP) is 3.90. The molecule has 0 fully saturated rings. The van der Waals surface area contributed by atoms with Gasteiger partial charge in [-0.15, -0.1) is 0 Å². The molecular formula is C15H25FN2O. The average Bonchev–Trinajstić information content (AvgIpc) is 2.30. The van der Waals surface area contributed by atoms with Gasteiger partial charge in [0, 0.05) is 18.7 Å². The van der Waals surface area contributed by atoms with E-state index in [1.54, 1.807) is 6.07 Å². The van der Waals surface area contributed by atoms with Gasteiger partial charge in [0.05, 0.1) is 17.5 Å². The molecule has 0 bridgehead atoms. The van der Waals surface area contributed by atoms with E-state index in [1.165, 1.54) is 6.07 Å². The Morgan fingerprint density at radius 2 is 1.84 bits per heavy atom. The molecule has 1 aromatic carbocycles. The second-order valence-corrected chi connectivity index (χ2v) is 5.64. The maximum Gasteiger partial charge on any atom is 0.167 e. The number of anilines is 2. The Bertz CT molecular complexity index is 419. The molecule has 0 amide bonds. The smallest absolute Gasteiger partial charge is 0.167 e. The lowest BCUT2D eigenvalue weighted by molar-refractivity contribution is 0.231. The van der Waals surface area contributed by atoms with E-state index in [1.807, 2.05) is 13.8 Å². The number of hydrogen-bond acceptors (Lipinski definition) is 3. The van der Waals surface area contributed by atoms with E-state index in [0.717, 1.165) is 12.2 Å². The zero-order chi connectivity index (χ0) is 14.6. The minimum Gasteiger partial charge on any atom is -0.488 e. The van der Waals surface area contributed by atoms with Gasteiger partial charge in [-0.05, 0) is 25.7 Å². The molecule has 0 radical (unpaired) electrons. The molecule has 3 N–H and O–H groups in total. The van der Waals surface area contributed by atoms with Crippen molar-refractivity contribution >= 4 is 11.4 Å². The normalized spacial score (nSPS) is 12.8. The molecule has 108 valence electrons. The number of rotatable bonds is 6. The maximum atomic E-state index is 13.7. The SMILES string of the molecule is CC(C)Oc1cc(NCC(C)C(C)C)c(N)cc1F. The van der Waals surface area contributed by atoms with E-state index in [-0.39, 0.29) is 11.9 Å². The van der Waals surface area contributed by atoms with E-state index in [4.69, 9.17) is 10.5 Å². The van der Waals surface area contributed by atoms with Crippen LogP contribution >= 0.6 is 0 Å². The second-order valence-electron chi connectivity index (χ2n) is 5.64. The molecule has 1 aromatic rings. The highest BCUT2D eigenvalue weighted by Crippen LogP contribution is 2.29. The van der Waals surface area contributed by atoms with Crippen LogP contribution in [-0.4, -0.2) is 12.6 Å². The van der Waals surface area contributed by atoms with Crippen LogP contribution < -0.4 is 15.8 Å². The second kappa shape index (κ2) is 6.64. The van der Waals surface area contributed by atoms with Crippen molar-refractivity contribution in [1.29, 1.82) is 0 Å². The summed E-state index contributed by atoms with van der Waals surface area (Å²) in [5.41, 5.74) is 6.96. The molecule has 0 aromatic heterocycles. The number of nitrogen functional groups attached to an aromatic ring is 1. The Balaban J connectivity index is 2.82. The van der Waals surface area contributed by atoms with Crippen molar-refractivity contribution in [3.63, 3.8) is 0 Å². The standard InChI is InChI=1S/C15H25FN2O/c1-9(2)11(5)8-18-14-7-15(19-10(3)4)12(16)6-13(14)17/h6-7,9-11,18H,8,17H2,1-5H3. The fourth-order valence-electron chi connectivity index (χ4n) is 1.57. The third kappa shape index (κ3) is 4.62. The van der Waals surface area contributed by atoms with E-state index in [0.29, 0.717) is 17.5 Å². The van der Waals surface area contributed by atoms with Crippen molar-refractivity contribution in [1.82, 2.24) is 0 Å². The van der Waals surface area contributed by atoms with Gasteiger partial charge in [0.15, 0.2) is 11.6 Å². The third-order valence-corrected chi connectivity index (χ3v) is 3.22. The molecule has 0 aliphatic carbocycles. The molecule has 4 heteroatoms. The number of nitrogens with two attached hydrogens (primary N) is 1. The molecule has 1 rings (SSSR count). The lowest BCUT2D eigenvalue weighted by Crippen LogP contribution is -2.17. The third-order valence-electron chi connectivity index (χ3n) is 3.22. The van der Waals surface area contributed by atoms with Crippen LogP contribution in [0.25, 0.3) is 0 Å². The van der Waals surface area contributed by atoms with Gasteiger partial charge in [-0.25, -0.2) is 4.39 Å². The number of nitrogens with one attached hydrogen (secondary N) is 1. The molecule has 0 spiro atoms. The molecule has 3 nitrogen and oxygen atoms in total. The highest BCUT2D eigenvalue weighted by Gasteiger charge is 2.12. The Morgan fingerprint density at radius 1 is 1.21 bits per heavy atom. The zero-order valence-electron chi connectivity index (χ0n) is 12.5. The molecule has 0 heterocycles. The summed E-state index contributed by atoms with van der Waals surface area (Å²) in [5, 5.41) is 3.26. The van der Waals surface area contributed by atoms with Gasteiger partial charge in [-0.3, -0.25) is 0 Å². The summed E-state index contributed by atoms with van der Waals surface area (Å²) in [6, 6.07) is 2.94. The molecule has 19 heavy (non-hydrogen) atoms. The van der Waals surface area contributed by atoms with Crippen molar-refractivity contribution in [2.75, 3.05) is 17.6 Å². The Kier molecular flexibility index (Phi) is 5.45. The average molecular weight is 268 g/mol. The molecule has 0 aliphatic heterocycles. The van der Waals surface area contributed by atoms with Gasteiger partial charge in [-0.2, -0.15) is 0 Å². The number of ether oxygens (including phenoxy) is 1. The van der Waals surface area contributed by atoms with Crippen LogP contribution in [0.3, 0.4) is 0 Å². The molecular weight excluding hydrogens is 243 g/mol. The first-order valence-corrected chi connectivity index (χ1v) is 6.80. The minimum atomic E-state index is -0.423. The molecule has 0 saturated carbocycles. The lowest BCUT2D eigenvalue weighted by atomic mass is 9.98. The van der Waals surface area contributed by atoms with E-state index in [9.17, 15) is 4.39 Å². The monoisotopic (exact) mass is 268 g/mol. The Labute approximate surface area is 115 Å². The van der Waals surface area contributed by atoms with Crippen LogP contribution in [-0.2, 0) is 0 Å². The fraction of sp³-hybridized carbons (Fsp3) is 0.600. The first-order chi connectivity index (χ1) is 8.81. The topological polar surface area (TPSA) is 47.3 Å². The van der Waals surface area contributed by atoms with Crippen molar-refractivity contribution in [2.45, 2.75) is 40.7 Å². The summed E-state index contributed by atoms with van der Waals surface area (Å²) < 4.78 is 19.1. The van der Waals surface area contributed by atoms with Gasteiger partial charge in [0.25, 0.3) is 0 Å². The number of halogens is 1. The fourth-order valence-corrected chi connectivity index (χ4v) is 1.57. The summed E-state index contributed by atoms with van der Waals surface area (Å²) in [6.45, 7) is 11.0. The van der Waals surface area contributed by atoms with Crippen LogP contribution in [0.4, 0.5) is 15.8 Å². The predicted molar refractivity (Wildman–Crippen MR) is 79.1 cm³/mol. The van der Waals surface area contributed by atoms with Crippen LogP contribution in [0.1, 0.15) is 34.6 Å². The van der Waals surface area contributed by atoms with E-state index < -0.39 is 5.82 Å². The summed E-state index contributed by atoms with van der Waals surface area (Å²) >= 11 is 0. The minimum absolute atomic E-state index is 0.0689. The highest BCUT2D eigenvalue weighted by molar-refractivity contribution is 5.68. The van der Waals surface area contributed by atoms with Crippen LogP contribution in [0.5, 0.6) is 5.75 Å². The quantitative estimate of drug-likeness (QED) is 0.769. The van der Waals surface area contributed by atoms with Gasteiger partial charge < -0.3 is 15.8 Å². The summed E-state index contributed by atoms with van der Waals surface area (Å²) in [7, 11) is 0. The molecule has 0 saturated heterocycles. The van der Waals surface area contributed by atoms with Crippen molar-refractivity contribution in [3.05, 3.63) is 17.9 Å². The van der Waals surface area contributed by atoms with Gasteiger partial charge in [0.2, 0.25) is 0 Å². The number of hydrogen-bond donors (Lipinski definition) is 2. The van der Waals surface area contributed by atoms with E-state index in [2.05, 4.69) is 26.1 Å². The molecule has 1 unspecified atom stereocenters. The lowest BCUT2D eigenvalue weighted by Gasteiger charge is -2.19. The first-order valence-electron chi connectivity index (χ1n) is 6.80. The van der Waals surface area contributed by atoms with E-state index >= 15 is 0 Å². The zero-order valence-corrected chi connectivity index (χ0v) is 12.5. The van der Waals surface area contributed by atoms with Crippen molar-refractivity contribution in [3.8, 4) is 5.75 Å². The van der Waals surface area contributed by atoms with Crippen molar-refractivity contribution in [2.24, 2.45) is 11.8 Å². The van der Waals surface area contributed by atoms with Gasteiger partial charge in [-0.1, -0.05) is 20.8 Å². The Morgan fingerprint density at radius 3 is 2.37 bits per heavy atom. The number of benzene rings is 1. The van der Waals surface area contributed by atoms with Gasteiger partial charge in [0.1, 0.15) is 0 Å². The van der Waals surface area contributed by atoms with Crippen LogP contribution in [0.15, 0.2) is 12.1 Å². The molecule has 0 aliphatic rings. The van der Waals surface area contributed by atoms with Crippen LogP contribution in [0.2, 0.25) is 0 Å². The summed E-state index contributed by atoms with van der Waals surface area (Å²) in [6.07, 6.45) is -0.0689.